The zero-order valence-electron chi connectivity index (χ0n) is 14.8. The number of aromatic nitrogens is 2. The summed E-state index contributed by atoms with van der Waals surface area (Å²) in [5.41, 5.74) is 3.75. The quantitative estimate of drug-likeness (QED) is 0.670. The molecule has 0 spiro atoms. The molecular weight excluding hydrogens is 330 g/mol. The van der Waals surface area contributed by atoms with E-state index in [4.69, 9.17) is 0 Å². The molecule has 3 rings (SSSR count). The second-order valence-corrected chi connectivity index (χ2v) is 7.54. The molecule has 0 aliphatic heterocycles. The van der Waals surface area contributed by atoms with Crippen LogP contribution in [-0.2, 0) is 19.6 Å². The lowest BCUT2D eigenvalue weighted by Gasteiger charge is -2.24. The minimum absolute atomic E-state index is 0.356. The molecule has 0 saturated heterocycles. The zero-order chi connectivity index (χ0) is 17.6. The van der Waals surface area contributed by atoms with E-state index in [0.717, 1.165) is 19.6 Å². The summed E-state index contributed by atoms with van der Waals surface area (Å²) in [5, 5.41) is 12.0. The largest absolute Gasteiger partial charge is 0.392 e. The summed E-state index contributed by atoms with van der Waals surface area (Å²) in [6.45, 7) is 7.08. The second-order valence-electron chi connectivity index (χ2n) is 6.54. The predicted octanol–water partition coefficient (Wildman–Crippen LogP) is 3.68. The molecule has 3 aromatic rings. The lowest BCUT2D eigenvalue weighted by molar-refractivity contribution is 0.117. The van der Waals surface area contributed by atoms with Crippen LogP contribution in [0.1, 0.15) is 28.6 Å². The Bertz CT molecular complexity index is 779. The Hall–Kier alpha value is -1.95. The van der Waals surface area contributed by atoms with Gasteiger partial charge in [0.2, 0.25) is 0 Å². The van der Waals surface area contributed by atoms with Crippen molar-refractivity contribution in [1.82, 2.24) is 14.5 Å². The molecule has 132 valence electrons. The molecule has 4 nitrogen and oxygen atoms in total. The standard InChI is InChI=1S/C20H25N3OS/c1-16-8-9-25-20(16)14-22(11-17(2)24)13-19-10-21-15-23(19)12-18-6-4-3-5-7-18/h3-10,15,17,24H,11-14H2,1-2H3. The van der Waals surface area contributed by atoms with Crippen molar-refractivity contribution in [3.8, 4) is 0 Å². The van der Waals surface area contributed by atoms with E-state index in [0.29, 0.717) is 6.54 Å². The Kier molecular flexibility index (Phi) is 6.02. The molecule has 5 heteroatoms. The van der Waals surface area contributed by atoms with Crippen molar-refractivity contribution >= 4 is 11.3 Å². The van der Waals surface area contributed by atoms with Gasteiger partial charge in [-0.15, -0.1) is 11.3 Å². The molecular formula is C20H25N3OS. The van der Waals surface area contributed by atoms with Gasteiger partial charge in [0.05, 0.1) is 18.1 Å². The van der Waals surface area contributed by atoms with Gasteiger partial charge < -0.3 is 9.67 Å². The summed E-state index contributed by atoms with van der Waals surface area (Å²) >= 11 is 1.78. The van der Waals surface area contributed by atoms with E-state index in [-0.39, 0.29) is 6.10 Å². The van der Waals surface area contributed by atoms with Gasteiger partial charge in [-0.05, 0) is 36.4 Å². The minimum atomic E-state index is -0.356. The summed E-state index contributed by atoms with van der Waals surface area (Å²) in [6, 6.07) is 12.6. The van der Waals surface area contributed by atoms with E-state index in [1.165, 1.54) is 21.7 Å². The first-order valence-electron chi connectivity index (χ1n) is 8.58. The van der Waals surface area contributed by atoms with Crippen LogP contribution in [0.5, 0.6) is 0 Å². The first-order valence-corrected chi connectivity index (χ1v) is 9.46. The maximum absolute atomic E-state index is 9.89. The first-order chi connectivity index (χ1) is 12.1. The number of nitrogens with zero attached hydrogens (tertiary/aromatic N) is 3. The van der Waals surface area contributed by atoms with E-state index in [1.807, 2.05) is 25.5 Å². The fourth-order valence-corrected chi connectivity index (χ4v) is 3.91. The molecule has 0 aliphatic rings. The summed E-state index contributed by atoms with van der Waals surface area (Å²) < 4.78 is 2.19. The predicted molar refractivity (Wildman–Crippen MR) is 103 cm³/mol. The molecule has 2 heterocycles. The second kappa shape index (κ2) is 8.43. The van der Waals surface area contributed by atoms with Gasteiger partial charge in [0.15, 0.2) is 0 Å². The zero-order valence-corrected chi connectivity index (χ0v) is 15.6. The van der Waals surface area contributed by atoms with E-state index in [9.17, 15) is 5.11 Å². The smallest absolute Gasteiger partial charge is 0.0951 e. The highest BCUT2D eigenvalue weighted by Crippen LogP contribution is 2.19. The maximum Gasteiger partial charge on any atom is 0.0951 e. The maximum atomic E-state index is 9.89. The van der Waals surface area contributed by atoms with Crippen LogP contribution in [0.2, 0.25) is 0 Å². The highest BCUT2D eigenvalue weighted by molar-refractivity contribution is 7.10. The fraction of sp³-hybridized carbons (Fsp3) is 0.350. The topological polar surface area (TPSA) is 41.3 Å². The molecule has 0 fully saturated rings. The number of rotatable bonds is 8. The number of aryl methyl sites for hydroxylation is 1. The third kappa shape index (κ3) is 5.01. The number of benzene rings is 1. The van der Waals surface area contributed by atoms with Crippen molar-refractivity contribution in [1.29, 1.82) is 0 Å². The molecule has 1 aromatic carbocycles. The summed E-state index contributed by atoms with van der Waals surface area (Å²) in [7, 11) is 0. The lowest BCUT2D eigenvalue weighted by Crippen LogP contribution is -2.31. The first kappa shape index (κ1) is 17.9. The van der Waals surface area contributed by atoms with Gasteiger partial charge in [-0.3, -0.25) is 4.90 Å². The SMILES string of the molecule is Cc1ccsc1CN(Cc1cncn1Cc1ccccc1)CC(C)O. The Morgan fingerprint density at radius 2 is 2.00 bits per heavy atom. The highest BCUT2D eigenvalue weighted by Gasteiger charge is 2.14. The molecule has 0 aliphatic carbocycles. The van der Waals surface area contributed by atoms with Crippen molar-refractivity contribution in [2.24, 2.45) is 0 Å². The van der Waals surface area contributed by atoms with Gasteiger partial charge in [0.1, 0.15) is 0 Å². The number of thiophene rings is 1. The van der Waals surface area contributed by atoms with Gasteiger partial charge in [0.25, 0.3) is 0 Å². The molecule has 1 N–H and O–H groups in total. The van der Waals surface area contributed by atoms with Crippen LogP contribution >= 0.6 is 11.3 Å². The van der Waals surface area contributed by atoms with Crippen LogP contribution in [0, 0.1) is 6.92 Å². The van der Waals surface area contributed by atoms with Crippen LogP contribution in [0.15, 0.2) is 54.3 Å². The summed E-state index contributed by atoms with van der Waals surface area (Å²) in [4.78, 5) is 7.99. The Morgan fingerprint density at radius 1 is 1.20 bits per heavy atom. The van der Waals surface area contributed by atoms with Crippen molar-refractivity contribution in [3.63, 3.8) is 0 Å². The van der Waals surface area contributed by atoms with Crippen LogP contribution in [0.3, 0.4) is 0 Å². The van der Waals surface area contributed by atoms with Gasteiger partial charge in [-0.2, -0.15) is 0 Å². The van der Waals surface area contributed by atoms with Crippen LogP contribution < -0.4 is 0 Å². The van der Waals surface area contributed by atoms with Crippen molar-refractivity contribution in [2.45, 2.75) is 39.6 Å². The van der Waals surface area contributed by atoms with Crippen molar-refractivity contribution < 1.29 is 5.11 Å². The monoisotopic (exact) mass is 355 g/mol. The minimum Gasteiger partial charge on any atom is -0.392 e. The molecule has 0 amide bonds. The fourth-order valence-electron chi connectivity index (χ4n) is 2.96. The van der Waals surface area contributed by atoms with Gasteiger partial charge >= 0.3 is 0 Å². The van der Waals surface area contributed by atoms with E-state index >= 15 is 0 Å². The molecule has 25 heavy (non-hydrogen) atoms. The molecule has 0 radical (unpaired) electrons. The van der Waals surface area contributed by atoms with Crippen LogP contribution in [0.25, 0.3) is 0 Å². The average molecular weight is 356 g/mol. The van der Waals surface area contributed by atoms with Gasteiger partial charge in [-0.25, -0.2) is 4.98 Å². The van der Waals surface area contributed by atoms with Gasteiger partial charge in [0, 0.05) is 37.3 Å². The third-order valence-corrected chi connectivity index (χ3v) is 5.25. The Balaban J connectivity index is 1.73. The van der Waals surface area contributed by atoms with E-state index in [1.54, 1.807) is 11.3 Å². The molecule has 0 bridgehead atoms. The van der Waals surface area contributed by atoms with E-state index < -0.39 is 0 Å². The average Bonchev–Trinajstić information content (AvgIpc) is 3.18. The number of imidazole rings is 1. The molecule has 0 saturated carbocycles. The van der Waals surface area contributed by atoms with Crippen LogP contribution in [-0.4, -0.2) is 32.2 Å². The number of hydrogen-bond acceptors (Lipinski definition) is 4. The normalized spacial score (nSPS) is 12.6. The number of aliphatic hydroxyl groups excluding tert-OH is 1. The molecule has 2 aromatic heterocycles. The van der Waals surface area contributed by atoms with Crippen molar-refractivity contribution in [2.75, 3.05) is 6.54 Å². The van der Waals surface area contributed by atoms with E-state index in [2.05, 4.69) is 57.1 Å². The summed E-state index contributed by atoms with van der Waals surface area (Å²) in [6.07, 6.45) is 3.46. The third-order valence-electron chi connectivity index (χ3n) is 4.24. The van der Waals surface area contributed by atoms with Crippen molar-refractivity contribution in [3.05, 3.63) is 76.0 Å². The van der Waals surface area contributed by atoms with Crippen LogP contribution in [0.4, 0.5) is 0 Å². The molecule has 1 unspecified atom stereocenters. The summed E-state index contributed by atoms with van der Waals surface area (Å²) in [5.74, 6) is 0. The van der Waals surface area contributed by atoms with Gasteiger partial charge in [-0.1, -0.05) is 30.3 Å². The number of hydrogen-bond donors (Lipinski definition) is 1. The molecule has 1 atom stereocenters. The lowest BCUT2D eigenvalue weighted by atomic mass is 10.2. The highest BCUT2D eigenvalue weighted by atomic mass is 32.1. The Labute approximate surface area is 153 Å². The Morgan fingerprint density at radius 3 is 2.68 bits per heavy atom. The number of aliphatic hydroxyl groups is 1.